The van der Waals surface area contributed by atoms with Crippen molar-refractivity contribution in [2.24, 2.45) is 0 Å². The number of pyridine rings is 1. The van der Waals surface area contributed by atoms with E-state index in [4.69, 9.17) is 24.2 Å². The molecule has 220 valence electrons. The van der Waals surface area contributed by atoms with Crippen LogP contribution < -0.4 is 14.8 Å². The van der Waals surface area contributed by atoms with Gasteiger partial charge >= 0.3 is 6.09 Å². The van der Waals surface area contributed by atoms with Crippen LogP contribution in [0.15, 0.2) is 85.2 Å². The Morgan fingerprint density at radius 2 is 1.72 bits per heavy atom. The largest absolute Gasteiger partial charge is 0.481 e. The van der Waals surface area contributed by atoms with Crippen LogP contribution in [0, 0.1) is 0 Å². The first-order chi connectivity index (χ1) is 20.7. The van der Waals surface area contributed by atoms with Gasteiger partial charge in [-0.15, -0.1) is 0 Å². The van der Waals surface area contributed by atoms with Crippen LogP contribution in [0.1, 0.15) is 51.2 Å². The van der Waals surface area contributed by atoms with Crippen LogP contribution in [0.5, 0.6) is 11.8 Å². The van der Waals surface area contributed by atoms with Crippen molar-refractivity contribution in [3.63, 3.8) is 0 Å². The summed E-state index contributed by atoms with van der Waals surface area (Å²) in [6, 6.07) is 24.0. The molecule has 0 spiro atoms. The summed E-state index contributed by atoms with van der Waals surface area (Å²) in [6.45, 7) is 5.94. The van der Waals surface area contributed by atoms with Crippen molar-refractivity contribution >= 4 is 11.9 Å². The van der Waals surface area contributed by atoms with Gasteiger partial charge in [0.1, 0.15) is 12.2 Å². The Labute approximate surface area is 250 Å². The third kappa shape index (κ3) is 6.02. The lowest BCUT2D eigenvalue weighted by atomic mass is 9.71. The van der Waals surface area contributed by atoms with Gasteiger partial charge in [-0.25, -0.2) is 14.8 Å². The van der Waals surface area contributed by atoms with E-state index < -0.39 is 17.2 Å². The van der Waals surface area contributed by atoms with Gasteiger partial charge in [-0.2, -0.15) is 4.98 Å². The van der Waals surface area contributed by atoms with Gasteiger partial charge in [0.25, 0.3) is 0 Å². The number of hydrogen-bond acceptors (Lipinski definition) is 7. The molecule has 2 aromatic carbocycles. The van der Waals surface area contributed by atoms with E-state index in [0.29, 0.717) is 24.1 Å². The topological polar surface area (TPSA) is 99.9 Å². The first kappa shape index (κ1) is 28.2. The maximum absolute atomic E-state index is 12.6. The van der Waals surface area contributed by atoms with Crippen LogP contribution in [0.25, 0.3) is 28.3 Å². The molecule has 1 amide bonds. The highest BCUT2D eigenvalue weighted by molar-refractivity contribution is 5.81. The third-order valence-electron chi connectivity index (χ3n) is 7.57. The van der Waals surface area contributed by atoms with Gasteiger partial charge in [-0.05, 0) is 57.2 Å². The fourth-order valence-corrected chi connectivity index (χ4v) is 5.34. The second-order valence-electron chi connectivity index (χ2n) is 11.7. The van der Waals surface area contributed by atoms with Crippen molar-refractivity contribution in [1.82, 2.24) is 24.7 Å². The predicted octanol–water partition coefficient (Wildman–Crippen LogP) is 6.95. The quantitative estimate of drug-likeness (QED) is 0.213. The molecule has 0 saturated heterocycles. The second-order valence-corrected chi connectivity index (χ2v) is 11.7. The fourth-order valence-electron chi connectivity index (χ4n) is 5.34. The number of alkyl carbamates (subject to hydrolysis) is 1. The zero-order valence-corrected chi connectivity index (χ0v) is 24.8. The van der Waals surface area contributed by atoms with Gasteiger partial charge in [-0.3, -0.25) is 4.40 Å². The zero-order valence-electron chi connectivity index (χ0n) is 24.8. The van der Waals surface area contributed by atoms with Crippen molar-refractivity contribution in [2.75, 3.05) is 7.11 Å². The lowest BCUT2D eigenvalue weighted by molar-refractivity contribution is 0.0377. The van der Waals surface area contributed by atoms with Crippen molar-refractivity contribution in [2.45, 2.75) is 57.8 Å². The van der Waals surface area contributed by atoms with Gasteiger partial charge in [0, 0.05) is 35.7 Å². The summed E-state index contributed by atoms with van der Waals surface area (Å²) >= 11 is 0. The number of hydrogen-bond donors (Lipinski definition) is 1. The van der Waals surface area contributed by atoms with Crippen molar-refractivity contribution in [3.05, 3.63) is 96.3 Å². The highest BCUT2D eigenvalue weighted by Crippen LogP contribution is 2.42. The Kier molecular flexibility index (Phi) is 7.48. The van der Waals surface area contributed by atoms with Crippen molar-refractivity contribution in [3.8, 4) is 34.3 Å². The average Bonchev–Trinajstić information content (AvgIpc) is 3.36. The summed E-state index contributed by atoms with van der Waals surface area (Å²) < 4.78 is 18.8. The minimum atomic E-state index is -0.554. The second kappa shape index (κ2) is 11.4. The number of carbonyl (C=O) groups is 1. The molecule has 5 aromatic rings. The average molecular weight is 578 g/mol. The van der Waals surface area contributed by atoms with Crippen LogP contribution in [0.3, 0.4) is 0 Å². The van der Waals surface area contributed by atoms with E-state index in [9.17, 15) is 4.79 Å². The molecule has 0 unspecified atom stereocenters. The van der Waals surface area contributed by atoms with Crippen molar-refractivity contribution in [1.29, 1.82) is 0 Å². The smallest absolute Gasteiger partial charge is 0.408 e. The Hall–Kier alpha value is -4.92. The van der Waals surface area contributed by atoms with Gasteiger partial charge in [0.2, 0.25) is 17.5 Å². The van der Waals surface area contributed by atoms with E-state index in [1.165, 1.54) is 0 Å². The first-order valence-corrected chi connectivity index (χ1v) is 14.4. The number of benzene rings is 2. The number of rotatable bonds is 8. The molecule has 3 heterocycles. The Bertz CT molecular complexity index is 1740. The number of carbonyl (C=O) groups excluding carboxylic acids is 1. The third-order valence-corrected chi connectivity index (χ3v) is 7.57. The monoisotopic (exact) mass is 577 g/mol. The van der Waals surface area contributed by atoms with Crippen LogP contribution >= 0.6 is 0 Å². The standard InChI is InChI=1S/C34H35N5O4/c1-33(2,3)43-32(40)38-34(17-8-18-34)26-13-11-24(12-14-26)29-30(25-9-6-5-7-10-25)39-20-16-27(36-31(39)37-29)42-22-23-15-19-35-28(21-23)41-4/h5-7,9-16,19-21H,8,17-18,22H2,1-4H3,(H,38,40). The molecular formula is C34H35N5O4. The summed E-state index contributed by atoms with van der Waals surface area (Å²) in [7, 11) is 1.59. The summed E-state index contributed by atoms with van der Waals surface area (Å²) in [5, 5.41) is 3.14. The predicted molar refractivity (Wildman–Crippen MR) is 164 cm³/mol. The summed E-state index contributed by atoms with van der Waals surface area (Å²) in [5.74, 6) is 1.53. The van der Waals surface area contributed by atoms with E-state index in [-0.39, 0.29) is 0 Å². The molecule has 43 heavy (non-hydrogen) atoms. The molecule has 1 aliphatic rings. The van der Waals surface area contributed by atoms with Gasteiger partial charge in [0.15, 0.2) is 0 Å². The number of methoxy groups -OCH3 is 1. The normalized spacial score (nSPS) is 14.1. The molecule has 0 atom stereocenters. The molecule has 0 bridgehead atoms. The van der Waals surface area contributed by atoms with Crippen LogP contribution in [-0.2, 0) is 16.9 Å². The molecule has 1 aliphatic carbocycles. The molecule has 9 nitrogen and oxygen atoms in total. The Balaban J connectivity index is 1.31. The summed E-state index contributed by atoms with van der Waals surface area (Å²) in [6.07, 6.45) is 6.02. The number of imidazole rings is 1. The Morgan fingerprint density at radius 3 is 2.40 bits per heavy atom. The SMILES string of the molecule is COc1cc(COc2ccn3c(-c4ccccc4)c(-c4ccc(C5(NC(=O)OC(C)(C)C)CCC5)cc4)nc3n2)ccn1. The maximum Gasteiger partial charge on any atom is 0.408 e. The van der Waals surface area contributed by atoms with Crippen LogP contribution in [0.4, 0.5) is 4.79 Å². The molecule has 0 radical (unpaired) electrons. The molecule has 6 rings (SSSR count). The fraction of sp³-hybridized carbons (Fsp3) is 0.294. The number of ether oxygens (including phenoxy) is 3. The van der Waals surface area contributed by atoms with E-state index in [1.807, 2.05) is 67.8 Å². The lowest BCUT2D eigenvalue weighted by Gasteiger charge is -2.43. The highest BCUT2D eigenvalue weighted by Gasteiger charge is 2.41. The molecule has 9 heteroatoms. The maximum atomic E-state index is 12.6. The first-order valence-electron chi connectivity index (χ1n) is 14.4. The number of nitrogens with one attached hydrogen (secondary N) is 1. The van der Waals surface area contributed by atoms with Crippen molar-refractivity contribution < 1.29 is 19.0 Å². The van der Waals surface area contributed by atoms with Crippen LogP contribution in [-0.4, -0.2) is 38.2 Å². The highest BCUT2D eigenvalue weighted by atomic mass is 16.6. The lowest BCUT2D eigenvalue weighted by Crippen LogP contribution is -2.52. The van der Waals surface area contributed by atoms with E-state index >= 15 is 0 Å². The van der Waals surface area contributed by atoms with E-state index in [1.54, 1.807) is 13.3 Å². The molecule has 1 saturated carbocycles. The number of fused-ring (bicyclic) bond motifs is 1. The minimum absolute atomic E-state index is 0.321. The molecule has 1 N–H and O–H groups in total. The zero-order chi connectivity index (χ0) is 30.0. The molecule has 0 aliphatic heterocycles. The van der Waals surface area contributed by atoms with E-state index in [0.717, 1.165) is 52.9 Å². The number of aromatic nitrogens is 4. The minimum Gasteiger partial charge on any atom is -0.481 e. The number of nitrogens with zero attached hydrogens (tertiary/aromatic N) is 4. The Morgan fingerprint density at radius 1 is 0.953 bits per heavy atom. The summed E-state index contributed by atoms with van der Waals surface area (Å²) in [5.41, 5.74) is 4.72. The molecule has 3 aromatic heterocycles. The van der Waals surface area contributed by atoms with Gasteiger partial charge < -0.3 is 19.5 Å². The molecular weight excluding hydrogens is 542 g/mol. The van der Waals surface area contributed by atoms with Gasteiger partial charge in [0.05, 0.1) is 24.0 Å². The van der Waals surface area contributed by atoms with Crippen LogP contribution in [0.2, 0.25) is 0 Å². The molecule has 1 fully saturated rings. The summed E-state index contributed by atoms with van der Waals surface area (Å²) in [4.78, 5) is 26.5. The van der Waals surface area contributed by atoms with Gasteiger partial charge in [-0.1, -0.05) is 54.6 Å². The van der Waals surface area contributed by atoms with E-state index in [2.05, 4.69) is 46.7 Å². The number of amides is 1.